The molecule has 0 saturated carbocycles. The second-order valence-electron chi connectivity index (χ2n) is 5.95. The van der Waals surface area contributed by atoms with Gasteiger partial charge in [-0.3, -0.25) is 0 Å². The van der Waals surface area contributed by atoms with Gasteiger partial charge in [0.15, 0.2) is 11.5 Å². The van der Waals surface area contributed by atoms with Gasteiger partial charge in [0.1, 0.15) is 24.6 Å². The molecule has 0 aliphatic carbocycles. The van der Waals surface area contributed by atoms with Crippen molar-refractivity contribution in [2.75, 3.05) is 13.2 Å². The maximum Gasteiger partial charge on any atom is 0.165 e. The van der Waals surface area contributed by atoms with Gasteiger partial charge in [-0.25, -0.2) is 0 Å². The molecule has 4 nitrogen and oxygen atoms in total. The summed E-state index contributed by atoms with van der Waals surface area (Å²) < 4.78 is 17.2. The Hall–Kier alpha value is -1.42. The Balaban J connectivity index is 2.13. The highest BCUT2D eigenvalue weighted by molar-refractivity contribution is 5.54. The van der Waals surface area contributed by atoms with Gasteiger partial charge in [0.05, 0.1) is 0 Å². The predicted octanol–water partition coefficient (Wildman–Crippen LogP) is 2.19. The average Bonchev–Trinajstić information content (AvgIpc) is 2.24. The highest BCUT2D eigenvalue weighted by Gasteiger charge is 2.40. The van der Waals surface area contributed by atoms with E-state index in [-0.39, 0.29) is 5.60 Å². The molecule has 98 valence electrons. The first-order chi connectivity index (χ1) is 8.37. The van der Waals surface area contributed by atoms with E-state index in [2.05, 4.69) is 13.8 Å². The van der Waals surface area contributed by atoms with Gasteiger partial charge in [-0.15, -0.1) is 0 Å². The van der Waals surface area contributed by atoms with Crippen LogP contribution in [0.4, 0.5) is 0 Å². The van der Waals surface area contributed by atoms with Crippen LogP contribution in [0.3, 0.4) is 0 Å². The van der Waals surface area contributed by atoms with Crippen LogP contribution < -0.4 is 19.9 Å². The number of ether oxygens (including phenoxy) is 3. The minimum absolute atomic E-state index is 0.264. The number of benzene rings is 1. The molecule has 0 bridgehead atoms. The van der Waals surface area contributed by atoms with Crippen molar-refractivity contribution in [2.24, 2.45) is 5.73 Å². The molecule has 1 unspecified atom stereocenters. The minimum atomic E-state index is -0.410. The Morgan fingerprint density at radius 1 is 1.00 bits per heavy atom. The lowest BCUT2D eigenvalue weighted by Crippen LogP contribution is -2.47. The largest absolute Gasteiger partial charge is 0.487 e. The molecule has 0 saturated heterocycles. The highest BCUT2D eigenvalue weighted by Crippen LogP contribution is 2.47. The second kappa shape index (κ2) is 3.54. The van der Waals surface area contributed by atoms with Crippen molar-refractivity contribution in [2.45, 2.75) is 38.3 Å². The molecular weight excluding hydrogens is 230 g/mol. The van der Waals surface area contributed by atoms with Gasteiger partial charge >= 0.3 is 0 Å². The summed E-state index contributed by atoms with van der Waals surface area (Å²) in [6.45, 7) is 7.30. The van der Waals surface area contributed by atoms with Gasteiger partial charge < -0.3 is 19.9 Å². The molecule has 2 N–H and O–H groups in total. The van der Waals surface area contributed by atoms with Crippen molar-refractivity contribution in [3.05, 3.63) is 17.7 Å². The lowest BCUT2D eigenvalue weighted by Gasteiger charge is -2.42. The average molecular weight is 249 g/mol. The van der Waals surface area contributed by atoms with E-state index in [1.807, 2.05) is 19.1 Å². The zero-order valence-corrected chi connectivity index (χ0v) is 11.1. The van der Waals surface area contributed by atoms with Crippen molar-refractivity contribution >= 4 is 0 Å². The molecule has 18 heavy (non-hydrogen) atoms. The molecular formula is C14H19NO3. The summed E-state index contributed by atoms with van der Waals surface area (Å²) in [5, 5.41) is 0. The summed E-state index contributed by atoms with van der Waals surface area (Å²) in [6, 6.07) is 3.86. The van der Waals surface area contributed by atoms with Crippen LogP contribution in [-0.4, -0.2) is 18.8 Å². The SMILES string of the molecule is CC1(C)CC(C)(N)c2cc3c(cc2O1)OCCO3. The Kier molecular flexibility index (Phi) is 2.29. The summed E-state index contributed by atoms with van der Waals surface area (Å²) >= 11 is 0. The van der Waals surface area contributed by atoms with E-state index in [1.165, 1.54) is 0 Å². The summed E-state index contributed by atoms with van der Waals surface area (Å²) in [5.74, 6) is 2.31. The van der Waals surface area contributed by atoms with E-state index in [4.69, 9.17) is 19.9 Å². The molecule has 2 heterocycles. The van der Waals surface area contributed by atoms with E-state index in [1.54, 1.807) is 0 Å². The topological polar surface area (TPSA) is 53.7 Å². The van der Waals surface area contributed by atoms with Gasteiger partial charge in [-0.05, 0) is 26.8 Å². The van der Waals surface area contributed by atoms with Crippen molar-refractivity contribution < 1.29 is 14.2 Å². The third-order valence-electron chi connectivity index (χ3n) is 3.44. The van der Waals surface area contributed by atoms with Crippen LogP contribution in [0, 0.1) is 0 Å². The standard InChI is InChI=1S/C14H19NO3/c1-13(2)8-14(3,15)9-6-11-12(7-10(9)18-13)17-5-4-16-11/h6-7H,4-5,8,15H2,1-3H3. The third kappa shape index (κ3) is 1.81. The fraction of sp³-hybridized carbons (Fsp3) is 0.571. The molecule has 0 amide bonds. The molecule has 0 aromatic heterocycles. The van der Waals surface area contributed by atoms with Crippen LogP contribution >= 0.6 is 0 Å². The van der Waals surface area contributed by atoms with E-state index in [9.17, 15) is 0 Å². The van der Waals surface area contributed by atoms with E-state index in [0.717, 1.165) is 29.2 Å². The Bertz CT molecular complexity index is 494. The zero-order chi connectivity index (χ0) is 13.0. The predicted molar refractivity (Wildman–Crippen MR) is 68.3 cm³/mol. The number of hydrogen-bond acceptors (Lipinski definition) is 4. The minimum Gasteiger partial charge on any atom is -0.487 e. The van der Waals surface area contributed by atoms with E-state index in [0.29, 0.717) is 13.2 Å². The number of hydrogen-bond donors (Lipinski definition) is 1. The first-order valence-electron chi connectivity index (χ1n) is 6.29. The van der Waals surface area contributed by atoms with Crippen LogP contribution in [0.5, 0.6) is 17.2 Å². The van der Waals surface area contributed by atoms with Crippen molar-refractivity contribution in [1.29, 1.82) is 0 Å². The van der Waals surface area contributed by atoms with Crippen molar-refractivity contribution in [3.8, 4) is 17.2 Å². The number of fused-ring (bicyclic) bond motifs is 2. The van der Waals surface area contributed by atoms with Crippen LogP contribution in [-0.2, 0) is 5.54 Å². The summed E-state index contributed by atoms with van der Waals surface area (Å²) in [4.78, 5) is 0. The molecule has 0 radical (unpaired) electrons. The van der Waals surface area contributed by atoms with Crippen LogP contribution in [0.1, 0.15) is 32.8 Å². The van der Waals surface area contributed by atoms with Gasteiger partial charge in [-0.2, -0.15) is 0 Å². The van der Waals surface area contributed by atoms with Crippen LogP contribution in [0.25, 0.3) is 0 Å². The molecule has 0 spiro atoms. The van der Waals surface area contributed by atoms with Crippen LogP contribution in [0.15, 0.2) is 12.1 Å². The molecule has 1 aromatic rings. The first kappa shape index (κ1) is 11.7. The van der Waals surface area contributed by atoms with Gasteiger partial charge in [0.2, 0.25) is 0 Å². The maximum absolute atomic E-state index is 6.42. The molecule has 3 rings (SSSR count). The monoisotopic (exact) mass is 249 g/mol. The molecule has 2 aliphatic heterocycles. The lowest BCUT2D eigenvalue weighted by atomic mass is 9.79. The second-order valence-corrected chi connectivity index (χ2v) is 5.95. The summed E-state index contributed by atoms with van der Waals surface area (Å²) in [5.41, 5.74) is 6.74. The Labute approximate surface area is 107 Å². The quantitative estimate of drug-likeness (QED) is 0.765. The van der Waals surface area contributed by atoms with E-state index < -0.39 is 5.54 Å². The highest BCUT2D eigenvalue weighted by atomic mass is 16.6. The maximum atomic E-state index is 6.42. The fourth-order valence-corrected chi connectivity index (χ4v) is 2.91. The van der Waals surface area contributed by atoms with E-state index >= 15 is 0 Å². The van der Waals surface area contributed by atoms with Crippen molar-refractivity contribution in [1.82, 2.24) is 0 Å². The normalized spacial score (nSPS) is 28.2. The van der Waals surface area contributed by atoms with Gasteiger partial charge in [0, 0.05) is 23.6 Å². The Morgan fingerprint density at radius 3 is 2.28 bits per heavy atom. The number of rotatable bonds is 0. The molecule has 1 atom stereocenters. The third-order valence-corrected chi connectivity index (χ3v) is 3.44. The molecule has 4 heteroatoms. The smallest absolute Gasteiger partial charge is 0.165 e. The first-order valence-corrected chi connectivity index (χ1v) is 6.29. The van der Waals surface area contributed by atoms with Gasteiger partial charge in [-0.1, -0.05) is 0 Å². The zero-order valence-electron chi connectivity index (χ0n) is 11.1. The number of nitrogens with two attached hydrogens (primary N) is 1. The summed E-state index contributed by atoms with van der Waals surface area (Å²) in [7, 11) is 0. The lowest BCUT2D eigenvalue weighted by molar-refractivity contribution is 0.0488. The molecule has 2 aliphatic rings. The van der Waals surface area contributed by atoms with Crippen LogP contribution in [0.2, 0.25) is 0 Å². The van der Waals surface area contributed by atoms with Crippen molar-refractivity contribution in [3.63, 3.8) is 0 Å². The Morgan fingerprint density at radius 2 is 1.61 bits per heavy atom. The summed E-state index contributed by atoms with van der Waals surface area (Å²) in [6.07, 6.45) is 0.770. The van der Waals surface area contributed by atoms with Gasteiger partial charge in [0.25, 0.3) is 0 Å². The molecule has 0 fully saturated rings. The molecule has 1 aromatic carbocycles. The fourth-order valence-electron chi connectivity index (χ4n) is 2.91.